The third-order valence-electron chi connectivity index (χ3n) is 6.76. The predicted molar refractivity (Wildman–Crippen MR) is 143 cm³/mol. The molecule has 2 aromatic carbocycles. The lowest BCUT2D eigenvalue weighted by atomic mass is 9.89. The number of halogens is 3. The maximum atomic E-state index is 14.1. The van der Waals surface area contributed by atoms with Gasteiger partial charge < -0.3 is 15.3 Å². The number of carbonyl (C=O) groups excluding carboxylic acids is 1. The molecule has 3 aromatic rings. The highest BCUT2D eigenvalue weighted by molar-refractivity contribution is 6.34. The van der Waals surface area contributed by atoms with Crippen molar-refractivity contribution < 1.29 is 18.7 Å². The van der Waals surface area contributed by atoms with Crippen molar-refractivity contribution in [1.29, 1.82) is 5.41 Å². The molecule has 4 rings (SSSR count). The quantitative estimate of drug-likeness (QED) is 0.357. The minimum atomic E-state index is -1.28. The highest BCUT2D eigenvalue weighted by Crippen LogP contribution is 2.30. The van der Waals surface area contributed by atoms with Crippen LogP contribution in [0.1, 0.15) is 59.7 Å². The van der Waals surface area contributed by atoms with E-state index < -0.39 is 17.2 Å². The number of hydrogen-bond acceptors (Lipinski definition) is 6. The van der Waals surface area contributed by atoms with Gasteiger partial charge in [-0.25, -0.2) is 18.7 Å². The number of hydrogen-bond donors (Lipinski definition) is 3. The topological polar surface area (TPSA) is 102 Å². The van der Waals surface area contributed by atoms with Crippen LogP contribution in [-0.2, 0) is 12.0 Å². The molecule has 0 spiro atoms. The molecule has 2 heterocycles. The zero-order valence-corrected chi connectivity index (χ0v) is 22.2. The molecule has 0 unspecified atom stereocenters. The van der Waals surface area contributed by atoms with Gasteiger partial charge in [0.2, 0.25) is 0 Å². The summed E-state index contributed by atoms with van der Waals surface area (Å²) in [7, 11) is 1.70. The second-order valence-electron chi connectivity index (χ2n) is 10.0. The summed E-state index contributed by atoms with van der Waals surface area (Å²) in [5.74, 6) is -1.05. The van der Waals surface area contributed by atoms with Crippen LogP contribution in [0.15, 0.2) is 42.6 Å². The smallest absolute Gasteiger partial charge is 0.255 e. The zero-order valence-electron chi connectivity index (χ0n) is 21.5. The Labute approximate surface area is 225 Å². The van der Waals surface area contributed by atoms with Crippen molar-refractivity contribution in [3.8, 4) is 0 Å². The molecule has 0 bridgehead atoms. The molecule has 1 saturated heterocycles. The van der Waals surface area contributed by atoms with Gasteiger partial charge in [0.25, 0.3) is 5.91 Å². The summed E-state index contributed by atoms with van der Waals surface area (Å²) in [6.45, 7) is 4.08. The second-order valence-corrected chi connectivity index (χ2v) is 10.4. The van der Waals surface area contributed by atoms with E-state index in [-0.39, 0.29) is 33.9 Å². The lowest BCUT2D eigenvalue weighted by molar-refractivity contribution is 0.0682. The minimum absolute atomic E-state index is 0.0491. The van der Waals surface area contributed by atoms with Crippen molar-refractivity contribution in [2.45, 2.75) is 38.7 Å². The monoisotopic (exact) mass is 541 g/mol. The van der Waals surface area contributed by atoms with Crippen molar-refractivity contribution in [2.24, 2.45) is 5.92 Å². The van der Waals surface area contributed by atoms with Gasteiger partial charge in [-0.2, -0.15) is 0 Å². The van der Waals surface area contributed by atoms with E-state index in [0.29, 0.717) is 54.9 Å². The molecule has 10 heteroatoms. The fraction of sp³-hybridized carbons (Fsp3) is 0.357. The minimum Gasteiger partial charge on any atom is -0.388 e. The summed E-state index contributed by atoms with van der Waals surface area (Å²) in [5, 5.41) is 22.4. The van der Waals surface area contributed by atoms with Crippen molar-refractivity contribution in [3.63, 3.8) is 0 Å². The molecule has 1 fully saturated rings. The Balaban J connectivity index is 1.53. The number of aliphatic hydroxyl groups is 1. The van der Waals surface area contributed by atoms with Crippen molar-refractivity contribution >= 4 is 28.9 Å². The molecule has 0 aliphatic carbocycles. The van der Waals surface area contributed by atoms with E-state index in [0.717, 1.165) is 6.07 Å². The van der Waals surface area contributed by atoms with E-state index in [9.17, 15) is 18.7 Å². The number of benzene rings is 2. The average molecular weight is 542 g/mol. The van der Waals surface area contributed by atoms with Gasteiger partial charge >= 0.3 is 0 Å². The van der Waals surface area contributed by atoms with Gasteiger partial charge in [-0.1, -0.05) is 17.7 Å². The predicted octanol–water partition coefficient (Wildman–Crippen LogP) is 5.19. The standard InChI is InChI=1S/C28H30ClF2N5O2/c1-28(2,38)27-34-9-6-23(35-27)25(32)20-14-19(21(29)15-24(20)33-3)26(37)36-10-7-16(8-11-36)12-17-4-5-18(30)13-22(17)31/h4-6,9,13-16,32-33,38H,7-8,10-12H2,1-3H3. The Morgan fingerprint density at radius 2 is 1.89 bits per heavy atom. The van der Waals surface area contributed by atoms with Crippen molar-refractivity contribution in [1.82, 2.24) is 14.9 Å². The van der Waals surface area contributed by atoms with Crippen molar-refractivity contribution in [2.75, 3.05) is 25.5 Å². The second kappa shape index (κ2) is 11.1. The van der Waals surface area contributed by atoms with E-state index in [1.165, 1.54) is 18.3 Å². The number of likely N-dealkylation sites (tertiary alicyclic amines) is 1. The summed E-state index contributed by atoms with van der Waals surface area (Å²) in [4.78, 5) is 23.6. The van der Waals surface area contributed by atoms with Gasteiger partial charge in [0.05, 0.1) is 22.0 Å². The summed E-state index contributed by atoms with van der Waals surface area (Å²) in [6.07, 6.45) is 3.32. The summed E-state index contributed by atoms with van der Waals surface area (Å²) < 4.78 is 27.3. The molecular weight excluding hydrogens is 512 g/mol. The molecule has 0 atom stereocenters. The first-order chi connectivity index (χ1) is 18.0. The van der Waals surface area contributed by atoms with Crippen LogP contribution in [-0.4, -0.2) is 51.7 Å². The first-order valence-corrected chi connectivity index (χ1v) is 12.8. The van der Waals surface area contributed by atoms with Crippen LogP contribution in [0.3, 0.4) is 0 Å². The van der Waals surface area contributed by atoms with Gasteiger partial charge in [-0.15, -0.1) is 0 Å². The first kappa shape index (κ1) is 27.6. The normalized spacial score (nSPS) is 14.4. The number of aromatic nitrogens is 2. The van der Waals surface area contributed by atoms with Gasteiger partial charge in [-0.3, -0.25) is 10.2 Å². The zero-order chi connectivity index (χ0) is 27.6. The van der Waals surface area contributed by atoms with E-state index in [1.807, 2.05) is 0 Å². The Morgan fingerprint density at radius 1 is 1.18 bits per heavy atom. The SMILES string of the molecule is CNc1cc(Cl)c(C(=O)N2CCC(Cc3ccc(F)cc3F)CC2)cc1C(=N)c1ccnc(C(C)(C)O)n1. The fourth-order valence-corrected chi connectivity index (χ4v) is 4.83. The van der Waals surface area contributed by atoms with E-state index in [1.54, 1.807) is 44.0 Å². The third-order valence-corrected chi connectivity index (χ3v) is 7.07. The number of carbonyl (C=O) groups is 1. The van der Waals surface area contributed by atoms with Crippen LogP contribution in [0.25, 0.3) is 0 Å². The first-order valence-electron chi connectivity index (χ1n) is 12.4. The van der Waals surface area contributed by atoms with E-state index >= 15 is 0 Å². The summed E-state index contributed by atoms with van der Waals surface area (Å²) >= 11 is 6.51. The van der Waals surface area contributed by atoms with E-state index in [2.05, 4.69) is 15.3 Å². The third kappa shape index (κ3) is 6.00. The summed E-state index contributed by atoms with van der Waals surface area (Å²) in [5.41, 5.74) is 0.795. The number of amides is 1. The lowest BCUT2D eigenvalue weighted by Crippen LogP contribution is -2.39. The largest absolute Gasteiger partial charge is 0.388 e. The average Bonchev–Trinajstić information content (AvgIpc) is 2.89. The number of nitrogens with one attached hydrogen (secondary N) is 2. The number of nitrogens with zero attached hydrogens (tertiary/aromatic N) is 3. The van der Waals surface area contributed by atoms with Gasteiger partial charge in [0.15, 0.2) is 5.82 Å². The molecule has 1 aliphatic rings. The summed E-state index contributed by atoms with van der Waals surface area (Å²) in [6, 6.07) is 8.40. The number of piperidine rings is 1. The highest BCUT2D eigenvalue weighted by Gasteiger charge is 2.28. The maximum absolute atomic E-state index is 14.1. The lowest BCUT2D eigenvalue weighted by Gasteiger charge is -2.32. The van der Waals surface area contributed by atoms with Crippen LogP contribution in [0.2, 0.25) is 5.02 Å². The molecule has 1 aliphatic heterocycles. The molecule has 38 heavy (non-hydrogen) atoms. The molecule has 7 nitrogen and oxygen atoms in total. The van der Waals surface area contributed by atoms with E-state index in [4.69, 9.17) is 17.0 Å². The molecule has 1 aromatic heterocycles. The molecule has 1 amide bonds. The van der Waals surface area contributed by atoms with Gasteiger partial charge in [0.1, 0.15) is 17.2 Å². The maximum Gasteiger partial charge on any atom is 0.255 e. The van der Waals surface area contributed by atoms with Crippen LogP contribution in [0, 0.1) is 23.0 Å². The van der Waals surface area contributed by atoms with Crippen LogP contribution < -0.4 is 5.32 Å². The molecule has 200 valence electrons. The molecule has 0 saturated carbocycles. The molecule has 3 N–H and O–H groups in total. The van der Waals surface area contributed by atoms with Gasteiger partial charge in [0, 0.05) is 43.7 Å². The Morgan fingerprint density at radius 3 is 2.53 bits per heavy atom. The van der Waals surface area contributed by atoms with Crippen LogP contribution in [0.4, 0.5) is 14.5 Å². The molecular formula is C28H30ClF2N5O2. The highest BCUT2D eigenvalue weighted by atomic mass is 35.5. The number of anilines is 1. The van der Waals surface area contributed by atoms with Crippen LogP contribution >= 0.6 is 11.6 Å². The Hall–Kier alpha value is -3.43. The van der Waals surface area contributed by atoms with Crippen LogP contribution in [0.5, 0.6) is 0 Å². The molecule has 0 radical (unpaired) electrons. The number of rotatable bonds is 7. The fourth-order valence-electron chi connectivity index (χ4n) is 4.59. The Kier molecular flexibility index (Phi) is 8.08. The van der Waals surface area contributed by atoms with Gasteiger partial charge in [-0.05, 0) is 68.9 Å². The van der Waals surface area contributed by atoms with Crippen molar-refractivity contribution in [3.05, 3.63) is 87.5 Å². The Bertz CT molecular complexity index is 1370.